The van der Waals surface area contributed by atoms with E-state index in [4.69, 9.17) is 5.26 Å². The summed E-state index contributed by atoms with van der Waals surface area (Å²) in [5.74, 6) is 0.703. The maximum Gasteiger partial charge on any atom is 0.0666 e. The summed E-state index contributed by atoms with van der Waals surface area (Å²) in [6, 6.07) is 2.09. The summed E-state index contributed by atoms with van der Waals surface area (Å²) in [5, 5.41) is 8.20. The molecule has 0 N–H and O–H groups in total. The van der Waals surface area contributed by atoms with Crippen LogP contribution < -0.4 is 0 Å². The molecule has 1 fully saturated rings. The van der Waals surface area contributed by atoms with Crippen LogP contribution in [0.3, 0.4) is 0 Å². The largest absolute Gasteiger partial charge is 0.198 e. The molecule has 0 aromatic carbocycles. The van der Waals surface area contributed by atoms with Crippen LogP contribution in [0, 0.1) is 17.2 Å². The predicted molar refractivity (Wildman–Crippen MR) is 32.1 cm³/mol. The van der Waals surface area contributed by atoms with Gasteiger partial charge in [0.25, 0.3) is 0 Å². The van der Waals surface area contributed by atoms with E-state index in [-0.39, 0.29) is 0 Å². The fourth-order valence-electron chi connectivity index (χ4n) is 0.737. The zero-order chi connectivity index (χ0) is 5.98. The first-order chi connectivity index (χ1) is 3.84. The summed E-state index contributed by atoms with van der Waals surface area (Å²) in [6.45, 7) is 3.78. The van der Waals surface area contributed by atoms with E-state index in [1.165, 1.54) is 12.8 Å². The molecule has 0 saturated heterocycles. The van der Waals surface area contributed by atoms with Gasteiger partial charge in [0.2, 0.25) is 0 Å². The summed E-state index contributed by atoms with van der Waals surface area (Å²) in [6.07, 6.45) is 3.09. The Morgan fingerprint density at radius 1 is 1.75 bits per heavy atom. The Hall–Kier alpha value is -0.770. The molecule has 0 heterocycles. The molecule has 0 bridgehead atoms. The van der Waals surface area contributed by atoms with Gasteiger partial charge in [-0.05, 0) is 18.8 Å². The van der Waals surface area contributed by atoms with Crippen LogP contribution in [-0.4, -0.2) is 0 Å². The third-order valence-electron chi connectivity index (χ3n) is 1.46. The summed E-state index contributed by atoms with van der Waals surface area (Å²) in [5.41, 5.74) is 1.13. The van der Waals surface area contributed by atoms with E-state index < -0.39 is 0 Å². The Morgan fingerprint density at radius 2 is 2.38 bits per heavy atom. The normalized spacial score (nSPS) is 17.4. The summed E-state index contributed by atoms with van der Waals surface area (Å²) in [4.78, 5) is 0. The van der Waals surface area contributed by atoms with Crippen molar-refractivity contribution in [2.45, 2.75) is 19.3 Å². The quantitative estimate of drug-likeness (QED) is 0.494. The molecular weight excluding hydrogens is 98.1 g/mol. The molecule has 0 radical (unpaired) electrons. The zero-order valence-corrected chi connectivity index (χ0v) is 4.85. The van der Waals surface area contributed by atoms with E-state index in [1.807, 2.05) is 0 Å². The summed E-state index contributed by atoms with van der Waals surface area (Å²) < 4.78 is 0. The molecule has 0 spiro atoms. The van der Waals surface area contributed by atoms with Gasteiger partial charge in [0.05, 0.1) is 12.5 Å². The van der Waals surface area contributed by atoms with Crippen LogP contribution in [0.15, 0.2) is 12.2 Å². The van der Waals surface area contributed by atoms with Crippen molar-refractivity contribution in [1.29, 1.82) is 5.26 Å². The Labute approximate surface area is 49.6 Å². The predicted octanol–water partition coefficient (Wildman–Crippen LogP) is 1.87. The average Bonchev–Trinajstić information content (AvgIpc) is 2.45. The van der Waals surface area contributed by atoms with Gasteiger partial charge in [-0.15, -0.1) is 0 Å². The van der Waals surface area contributed by atoms with Crippen LogP contribution in [0.5, 0.6) is 0 Å². The Balaban J connectivity index is 2.26. The summed E-state index contributed by atoms with van der Waals surface area (Å²) in [7, 11) is 0. The molecule has 42 valence electrons. The van der Waals surface area contributed by atoms with Gasteiger partial charge in [-0.3, -0.25) is 0 Å². The van der Waals surface area contributed by atoms with Gasteiger partial charge in [-0.25, -0.2) is 0 Å². The van der Waals surface area contributed by atoms with Crippen molar-refractivity contribution in [2.24, 2.45) is 5.92 Å². The molecule has 0 atom stereocenters. The van der Waals surface area contributed by atoms with E-state index in [0.29, 0.717) is 12.3 Å². The highest BCUT2D eigenvalue weighted by Gasteiger charge is 2.23. The number of nitriles is 1. The van der Waals surface area contributed by atoms with Crippen molar-refractivity contribution in [3.8, 4) is 6.07 Å². The van der Waals surface area contributed by atoms with Gasteiger partial charge < -0.3 is 0 Å². The molecule has 0 aromatic rings. The minimum absolute atomic E-state index is 0.560. The first kappa shape index (κ1) is 5.37. The highest BCUT2D eigenvalue weighted by atomic mass is 14.3. The number of allylic oxidation sites excluding steroid dienone is 1. The van der Waals surface area contributed by atoms with Crippen LogP contribution >= 0.6 is 0 Å². The second kappa shape index (κ2) is 2.00. The maximum absolute atomic E-state index is 8.20. The first-order valence-corrected chi connectivity index (χ1v) is 2.89. The molecule has 0 unspecified atom stereocenters. The van der Waals surface area contributed by atoms with Crippen molar-refractivity contribution in [3.63, 3.8) is 0 Å². The Morgan fingerprint density at radius 3 is 2.75 bits per heavy atom. The number of nitrogens with zero attached hydrogens (tertiary/aromatic N) is 1. The third kappa shape index (κ3) is 1.10. The van der Waals surface area contributed by atoms with Gasteiger partial charge in [0, 0.05) is 0 Å². The molecule has 1 heteroatoms. The lowest BCUT2D eigenvalue weighted by Crippen LogP contribution is -1.78. The lowest BCUT2D eigenvalue weighted by atomic mass is 10.1. The molecule has 0 aliphatic heterocycles. The fraction of sp³-hybridized carbons (Fsp3) is 0.571. The second-order valence-electron chi connectivity index (χ2n) is 2.27. The van der Waals surface area contributed by atoms with Gasteiger partial charge >= 0.3 is 0 Å². The average molecular weight is 107 g/mol. The highest BCUT2D eigenvalue weighted by Crippen LogP contribution is 2.36. The molecule has 1 saturated carbocycles. The smallest absolute Gasteiger partial charge is 0.0666 e. The van der Waals surface area contributed by atoms with Crippen LogP contribution in [0.4, 0.5) is 0 Å². The van der Waals surface area contributed by atoms with Crippen LogP contribution in [0.25, 0.3) is 0 Å². The molecule has 1 aliphatic carbocycles. The van der Waals surface area contributed by atoms with Crippen molar-refractivity contribution in [1.82, 2.24) is 0 Å². The van der Waals surface area contributed by atoms with E-state index in [2.05, 4.69) is 12.6 Å². The molecule has 1 aliphatic rings. The minimum Gasteiger partial charge on any atom is -0.198 e. The zero-order valence-electron chi connectivity index (χ0n) is 4.85. The van der Waals surface area contributed by atoms with E-state index in [9.17, 15) is 0 Å². The second-order valence-corrected chi connectivity index (χ2v) is 2.27. The van der Waals surface area contributed by atoms with Crippen LogP contribution in [-0.2, 0) is 0 Å². The molecule has 0 aromatic heterocycles. The lowest BCUT2D eigenvalue weighted by Gasteiger charge is -1.90. The first-order valence-electron chi connectivity index (χ1n) is 2.89. The Bertz CT molecular complexity index is 137. The minimum atomic E-state index is 0.560. The number of hydrogen-bond donors (Lipinski definition) is 0. The molecule has 1 rings (SSSR count). The van der Waals surface area contributed by atoms with Crippen LogP contribution in [0.1, 0.15) is 19.3 Å². The lowest BCUT2D eigenvalue weighted by molar-refractivity contribution is 0.966. The van der Waals surface area contributed by atoms with E-state index in [1.54, 1.807) is 0 Å². The van der Waals surface area contributed by atoms with Crippen molar-refractivity contribution < 1.29 is 0 Å². The summed E-state index contributed by atoms with van der Waals surface area (Å²) >= 11 is 0. The third-order valence-corrected chi connectivity index (χ3v) is 1.46. The van der Waals surface area contributed by atoms with Crippen molar-refractivity contribution in [2.75, 3.05) is 0 Å². The maximum atomic E-state index is 8.20. The van der Waals surface area contributed by atoms with Crippen molar-refractivity contribution >= 4 is 0 Å². The van der Waals surface area contributed by atoms with Crippen LogP contribution in [0.2, 0.25) is 0 Å². The Kier molecular flexibility index (Phi) is 1.34. The molecule has 8 heavy (non-hydrogen) atoms. The van der Waals surface area contributed by atoms with Crippen molar-refractivity contribution in [3.05, 3.63) is 12.2 Å². The SMILES string of the molecule is C=C(CC#N)C1CC1. The topological polar surface area (TPSA) is 23.8 Å². The number of hydrogen-bond acceptors (Lipinski definition) is 1. The molecular formula is C7H9N. The molecule has 0 amide bonds. The monoisotopic (exact) mass is 107 g/mol. The fourth-order valence-corrected chi connectivity index (χ4v) is 0.737. The van der Waals surface area contributed by atoms with Gasteiger partial charge in [-0.2, -0.15) is 5.26 Å². The number of rotatable bonds is 2. The standard InChI is InChI=1S/C7H9N/c1-6(4-5-8)7-2-3-7/h7H,1-4H2. The highest BCUT2D eigenvalue weighted by molar-refractivity contribution is 5.11. The molecule has 1 nitrogen and oxygen atoms in total. The van der Waals surface area contributed by atoms with E-state index in [0.717, 1.165) is 5.57 Å². The van der Waals surface area contributed by atoms with Gasteiger partial charge in [0.1, 0.15) is 0 Å². The van der Waals surface area contributed by atoms with Gasteiger partial charge in [-0.1, -0.05) is 12.2 Å². The van der Waals surface area contributed by atoms with Gasteiger partial charge in [0.15, 0.2) is 0 Å². The van der Waals surface area contributed by atoms with E-state index >= 15 is 0 Å².